The maximum absolute atomic E-state index is 6.23. The second-order valence-electron chi connectivity index (χ2n) is 10.00. The van der Waals surface area contributed by atoms with Gasteiger partial charge in [0.25, 0.3) is 0 Å². The van der Waals surface area contributed by atoms with E-state index in [4.69, 9.17) is 14.5 Å². The number of benzene rings is 1. The van der Waals surface area contributed by atoms with Crippen molar-refractivity contribution >= 4 is 5.65 Å². The molecule has 0 radical (unpaired) electrons. The van der Waals surface area contributed by atoms with Gasteiger partial charge < -0.3 is 13.9 Å². The van der Waals surface area contributed by atoms with Crippen molar-refractivity contribution in [2.24, 2.45) is 0 Å². The average molecular weight is 675 g/mol. The number of pyridine rings is 2. The minimum absolute atomic E-state index is 0. The predicted molar refractivity (Wildman–Crippen MR) is 138 cm³/mol. The van der Waals surface area contributed by atoms with Gasteiger partial charge in [-0.1, -0.05) is 33.0 Å². The van der Waals surface area contributed by atoms with Crippen LogP contribution >= 0.6 is 0 Å². The molecule has 1 aromatic carbocycles. The van der Waals surface area contributed by atoms with Gasteiger partial charge in [-0.05, 0) is 56.5 Å². The van der Waals surface area contributed by atoms with Crippen molar-refractivity contribution in [1.82, 2.24) is 24.1 Å². The van der Waals surface area contributed by atoms with Gasteiger partial charge in [0.15, 0.2) is 0 Å². The molecule has 37 heavy (non-hydrogen) atoms. The third-order valence-electron chi connectivity index (χ3n) is 6.09. The molecule has 0 atom stereocenters. The van der Waals surface area contributed by atoms with Crippen molar-refractivity contribution in [3.8, 4) is 28.8 Å². The zero-order chi connectivity index (χ0) is 25.6. The molecule has 192 valence electrons. The first kappa shape index (κ1) is 26.6. The summed E-state index contributed by atoms with van der Waals surface area (Å²) in [5.41, 5.74) is 6.42. The number of nitrogens with zero attached hydrogens (tertiary/aromatic N) is 5. The molecule has 0 aliphatic carbocycles. The van der Waals surface area contributed by atoms with Crippen LogP contribution in [0.3, 0.4) is 0 Å². The predicted octanol–water partition coefficient (Wildman–Crippen LogP) is 6.63. The number of rotatable bonds is 5. The number of hydrogen-bond acceptors (Lipinski definition) is 5. The van der Waals surface area contributed by atoms with E-state index in [0.717, 1.165) is 34.0 Å². The Balaban J connectivity index is 0.00000320. The van der Waals surface area contributed by atoms with Gasteiger partial charge in [0.1, 0.15) is 0 Å². The Kier molecular flexibility index (Phi) is 7.29. The Hall–Kier alpha value is -3.44. The molecular formula is C29H29N5O2Pt. The smallest absolute Gasteiger partial charge is 0.508 e. The maximum Gasteiger partial charge on any atom is 2.00 e. The van der Waals surface area contributed by atoms with Crippen molar-refractivity contribution in [3.63, 3.8) is 0 Å². The molecule has 0 fully saturated rings. The van der Waals surface area contributed by atoms with Crippen LogP contribution in [0, 0.1) is 39.8 Å². The molecule has 8 heteroatoms. The summed E-state index contributed by atoms with van der Waals surface area (Å²) in [6.07, 6.45) is 3.62. The van der Waals surface area contributed by atoms with E-state index in [9.17, 15) is 0 Å². The molecule has 0 unspecified atom stereocenters. The van der Waals surface area contributed by atoms with Crippen LogP contribution in [0.25, 0.3) is 11.3 Å². The molecule has 0 aliphatic rings. The zero-order valence-corrected chi connectivity index (χ0v) is 24.3. The van der Waals surface area contributed by atoms with E-state index in [1.54, 1.807) is 6.20 Å². The van der Waals surface area contributed by atoms with Gasteiger partial charge in [0.05, 0.1) is 17.1 Å². The van der Waals surface area contributed by atoms with Crippen LogP contribution in [0.5, 0.6) is 23.1 Å². The summed E-state index contributed by atoms with van der Waals surface area (Å²) in [7, 11) is 0. The fourth-order valence-electron chi connectivity index (χ4n) is 4.03. The van der Waals surface area contributed by atoms with Gasteiger partial charge in [0.2, 0.25) is 5.88 Å². The molecule has 4 aromatic heterocycles. The Morgan fingerprint density at radius 1 is 0.919 bits per heavy atom. The molecule has 0 saturated carbocycles. The van der Waals surface area contributed by atoms with Crippen molar-refractivity contribution in [1.29, 1.82) is 0 Å². The first-order valence-corrected chi connectivity index (χ1v) is 11.9. The van der Waals surface area contributed by atoms with Gasteiger partial charge in [0, 0.05) is 40.8 Å². The van der Waals surface area contributed by atoms with Crippen LogP contribution in [0.15, 0.2) is 48.8 Å². The molecule has 0 aliphatic heterocycles. The Morgan fingerprint density at radius 2 is 1.70 bits per heavy atom. The van der Waals surface area contributed by atoms with Crippen molar-refractivity contribution in [2.45, 2.75) is 53.9 Å². The zero-order valence-electron chi connectivity index (χ0n) is 22.0. The Labute approximate surface area is 231 Å². The van der Waals surface area contributed by atoms with Gasteiger partial charge in [-0.25, -0.2) is 4.98 Å². The monoisotopic (exact) mass is 674 g/mol. The van der Waals surface area contributed by atoms with Crippen molar-refractivity contribution in [3.05, 3.63) is 89.3 Å². The molecule has 0 N–H and O–H groups in total. The third kappa shape index (κ3) is 5.47. The van der Waals surface area contributed by atoms with Crippen LogP contribution in [-0.2, 0) is 26.5 Å². The number of aromatic nitrogens is 5. The van der Waals surface area contributed by atoms with E-state index < -0.39 is 0 Å². The number of imidazole rings is 1. The summed E-state index contributed by atoms with van der Waals surface area (Å²) < 4.78 is 16.2. The second-order valence-corrected chi connectivity index (χ2v) is 10.00. The Bertz CT molecular complexity index is 1580. The summed E-state index contributed by atoms with van der Waals surface area (Å²) >= 11 is 0. The third-order valence-corrected chi connectivity index (χ3v) is 6.09. The van der Waals surface area contributed by atoms with E-state index in [1.807, 2.05) is 79.4 Å². The van der Waals surface area contributed by atoms with Crippen molar-refractivity contribution < 1.29 is 30.5 Å². The van der Waals surface area contributed by atoms with Crippen LogP contribution in [0.2, 0.25) is 0 Å². The van der Waals surface area contributed by atoms with E-state index in [-0.39, 0.29) is 26.5 Å². The van der Waals surface area contributed by atoms with Crippen LogP contribution in [0.4, 0.5) is 0 Å². The number of fused-ring (bicyclic) bond motifs is 1. The van der Waals surface area contributed by atoms with Gasteiger partial charge in [-0.3, -0.25) is 9.67 Å². The number of hydrogen-bond donors (Lipinski definition) is 0. The molecule has 4 heterocycles. The van der Waals surface area contributed by atoms with Crippen LogP contribution in [-0.4, -0.2) is 24.1 Å². The normalized spacial score (nSPS) is 11.4. The summed E-state index contributed by atoms with van der Waals surface area (Å²) in [5.74, 6) is 1.95. The minimum atomic E-state index is -0.0299. The van der Waals surface area contributed by atoms with E-state index in [2.05, 4.69) is 43.0 Å². The molecule has 0 spiro atoms. The molecule has 7 nitrogen and oxygen atoms in total. The molecule has 0 bridgehead atoms. The van der Waals surface area contributed by atoms with Gasteiger partial charge >= 0.3 is 21.1 Å². The second kappa shape index (κ2) is 10.1. The Morgan fingerprint density at radius 3 is 2.41 bits per heavy atom. The topological polar surface area (TPSA) is 66.5 Å². The summed E-state index contributed by atoms with van der Waals surface area (Å²) in [4.78, 5) is 9.12. The quantitative estimate of drug-likeness (QED) is 0.196. The first-order valence-electron chi connectivity index (χ1n) is 11.9. The van der Waals surface area contributed by atoms with E-state index in [1.165, 1.54) is 0 Å². The summed E-state index contributed by atoms with van der Waals surface area (Å²) in [6.45, 7) is 14.4. The average Bonchev–Trinajstić information content (AvgIpc) is 3.31. The number of aryl methyl sites for hydroxylation is 4. The molecule has 5 rings (SSSR count). The number of ether oxygens (including phenoxy) is 2. The maximum atomic E-state index is 6.23. The van der Waals surface area contributed by atoms with E-state index in [0.29, 0.717) is 28.8 Å². The molecule has 5 aromatic rings. The minimum Gasteiger partial charge on any atom is -0.508 e. The first-order chi connectivity index (χ1) is 17.1. The van der Waals surface area contributed by atoms with Crippen LogP contribution < -0.4 is 9.47 Å². The van der Waals surface area contributed by atoms with Gasteiger partial charge in [-0.15, -0.1) is 18.2 Å². The molecular weight excluding hydrogens is 645 g/mol. The van der Waals surface area contributed by atoms with E-state index >= 15 is 0 Å². The summed E-state index contributed by atoms with van der Waals surface area (Å²) in [5, 5.41) is 4.55. The molecule has 0 amide bonds. The van der Waals surface area contributed by atoms with Gasteiger partial charge in [-0.2, -0.15) is 11.2 Å². The van der Waals surface area contributed by atoms with Crippen molar-refractivity contribution in [2.75, 3.05) is 0 Å². The summed E-state index contributed by atoms with van der Waals surface area (Å²) in [6, 6.07) is 18.3. The largest absolute Gasteiger partial charge is 2.00 e. The SMILES string of the molecule is Cc1cc(C)n(-c2[c-]c(Oc3[c-]c(Oc4cc(C(C)(C)C)ccn4)c4nc(C)c(C)n4c3)ccc2)n1.[Pt+2]. The molecule has 0 saturated heterocycles. The fourth-order valence-corrected chi connectivity index (χ4v) is 4.03. The standard InChI is InChI=1S/C29H29N5O2.Pt/c1-18-13-19(2)34(32-18)23-9-8-10-24(15-23)35-25-16-26(28-31-20(3)21(4)33(28)17-25)36-27-14-22(11-12-30-27)29(5,6)7;/h8-14,17H,1-7H3;/q-2;+2. The fraction of sp³-hybridized carbons (Fsp3) is 0.276. The van der Waals surface area contributed by atoms with Crippen LogP contribution in [0.1, 0.15) is 49.1 Å².